The Hall–Kier alpha value is -3.48. The van der Waals surface area contributed by atoms with Crippen molar-refractivity contribution in [3.05, 3.63) is 41.6 Å². The molecule has 2 aliphatic rings. The fourth-order valence-corrected chi connectivity index (χ4v) is 4.19. The summed E-state index contributed by atoms with van der Waals surface area (Å²) in [6.07, 6.45) is 1.97. The Labute approximate surface area is 205 Å². The maximum atomic E-state index is 12.2. The molecule has 1 aromatic heterocycles. The first kappa shape index (κ1) is 24.6. The van der Waals surface area contributed by atoms with E-state index in [0.29, 0.717) is 41.8 Å². The fourth-order valence-electron chi connectivity index (χ4n) is 4.19. The van der Waals surface area contributed by atoms with Crippen molar-refractivity contribution in [2.45, 2.75) is 44.9 Å². The van der Waals surface area contributed by atoms with Crippen LogP contribution in [0, 0.1) is 17.8 Å². The average Bonchev–Trinajstić information content (AvgIpc) is 3.42. The number of primary amides is 1. The highest BCUT2D eigenvalue weighted by Gasteiger charge is 2.42. The standard InChI is InChI=1S/C26H31N5O4/c1-17(2)16-35-22-8-5-12-31(22)21-15-20(23(27)32)28-24(29-21)19-7-4-6-18(14-19)9-10-26(34)11-13-30(3)25(26)33/h4,6-7,14-15,17,22,34H,5,8,11-13,16H2,1-3H3,(H2,27,32)/t22?,26-/m0/s1. The zero-order valence-corrected chi connectivity index (χ0v) is 20.3. The molecule has 9 nitrogen and oxygen atoms in total. The van der Waals surface area contributed by atoms with Crippen LogP contribution in [0.15, 0.2) is 30.3 Å². The van der Waals surface area contributed by atoms with Crippen molar-refractivity contribution in [2.24, 2.45) is 11.7 Å². The van der Waals surface area contributed by atoms with Crippen LogP contribution in [-0.4, -0.2) is 70.4 Å². The molecule has 2 saturated heterocycles. The van der Waals surface area contributed by atoms with Crippen LogP contribution < -0.4 is 10.6 Å². The molecule has 2 amide bonds. The number of likely N-dealkylation sites (tertiary alicyclic amines) is 1. The van der Waals surface area contributed by atoms with Gasteiger partial charge in [-0.05, 0) is 30.9 Å². The molecule has 2 fully saturated rings. The van der Waals surface area contributed by atoms with E-state index in [1.54, 1.807) is 31.3 Å². The Morgan fingerprint density at radius 1 is 1.31 bits per heavy atom. The second-order valence-electron chi connectivity index (χ2n) is 9.48. The van der Waals surface area contributed by atoms with Crippen LogP contribution in [0.5, 0.6) is 0 Å². The van der Waals surface area contributed by atoms with Gasteiger partial charge < -0.3 is 25.4 Å². The van der Waals surface area contributed by atoms with Gasteiger partial charge in [-0.15, -0.1) is 0 Å². The van der Waals surface area contributed by atoms with Crippen LogP contribution in [0.3, 0.4) is 0 Å². The fraction of sp³-hybridized carbons (Fsp3) is 0.462. The molecule has 0 saturated carbocycles. The van der Waals surface area contributed by atoms with E-state index < -0.39 is 17.4 Å². The molecular weight excluding hydrogens is 446 g/mol. The number of hydrogen-bond acceptors (Lipinski definition) is 7. The SMILES string of the molecule is CC(C)COC1CCCN1c1cc(C(N)=O)nc(-c2cccc(C#C[C@]3(O)CCN(C)C3=O)c2)n1. The van der Waals surface area contributed by atoms with E-state index in [9.17, 15) is 14.7 Å². The van der Waals surface area contributed by atoms with Gasteiger partial charge in [0.15, 0.2) is 5.82 Å². The van der Waals surface area contributed by atoms with Gasteiger partial charge in [0.25, 0.3) is 11.8 Å². The number of carbonyl (C=O) groups is 2. The minimum Gasteiger partial charge on any atom is -0.369 e. The molecule has 2 atom stereocenters. The van der Waals surface area contributed by atoms with E-state index in [-0.39, 0.29) is 18.3 Å². The van der Waals surface area contributed by atoms with Crippen molar-refractivity contribution in [2.75, 3.05) is 31.6 Å². The van der Waals surface area contributed by atoms with Crippen LogP contribution in [0.2, 0.25) is 0 Å². The highest BCUT2D eigenvalue weighted by Crippen LogP contribution is 2.28. The second kappa shape index (κ2) is 10.0. The maximum Gasteiger partial charge on any atom is 0.267 e. The van der Waals surface area contributed by atoms with Crippen molar-refractivity contribution in [3.8, 4) is 23.2 Å². The number of anilines is 1. The Morgan fingerprint density at radius 2 is 2.11 bits per heavy atom. The number of carbonyl (C=O) groups excluding carboxylic acids is 2. The van der Waals surface area contributed by atoms with Gasteiger partial charge in [-0.25, -0.2) is 9.97 Å². The number of ether oxygens (including phenoxy) is 1. The van der Waals surface area contributed by atoms with Gasteiger partial charge >= 0.3 is 0 Å². The summed E-state index contributed by atoms with van der Waals surface area (Å²) >= 11 is 0. The van der Waals surface area contributed by atoms with Gasteiger partial charge in [0.05, 0.1) is 6.61 Å². The number of rotatable bonds is 6. The minimum absolute atomic E-state index is 0.116. The Bertz CT molecular complexity index is 1190. The quantitative estimate of drug-likeness (QED) is 0.608. The van der Waals surface area contributed by atoms with Crippen LogP contribution in [-0.2, 0) is 9.53 Å². The summed E-state index contributed by atoms with van der Waals surface area (Å²) in [4.78, 5) is 36.9. The minimum atomic E-state index is -1.68. The lowest BCUT2D eigenvalue weighted by molar-refractivity contribution is -0.137. The van der Waals surface area contributed by atoms with Crippen LogP contribution in [0.4, 0.5) is 5.82 Å². The largest absolute Gasteiger partial charge is 0.369 e. The number of aliphatic hydroxyl groups is 1. The van der Waals surface area contributed by atoms with Gasteiger partial charge in [-0.1, -0.05) is 37.8 Å². The summed E-state index contributed by atoms with van der Waals surface area (Å²) < 4.78 is 6.08. The molecule has 35 heavy (non-hydrogen) atoms. The number of benzene rings is 1. The first-order valence-electron chi connectivity index (χ1n) is 11.8. The smallest absolute Gasteiger partial charge is 0.267 e. The van der Waals surface area contributed by atoms with Gasteiger partial charge in [0.1, 0.15) is 17.7 Å². The molecule has 2 aliphatic heterocycles. The normalized spacial score (nSPS) is 22.0. The molecule has 184 valence electrons. The average molecular weight is 478 g/mol. The lowest BCUT2D eigenvalue weighted by atomic mass is 10.0. The number of nitrogens with two attached hydrogens (primary N) is 1. The Balaban J connectivity index is 1.65. The third kappa shape index (κ3) is 5.45. The number of aromatic nitrogens is 2. The molecule has 0 aliphatic carbocycles. The van der Waals surface area contributed by atoms with Crippen molar-refractivity contribution in [1.29, 1.82) is 0 Å². The molecule has 4 rings (SSSR count). The highest BCUT2D eigenvalue weighted by molar-refractivity contribution is 5.92. The van der Waals surface area contributed by atoms with Gasteiger partial charge in [0.2, 0.25) is 5.60 Å². The molecule has 0 radical (unpaired) electrons. The summed E-state index contributed by atoms with van der Waals surface area (Å²) in [5, 5.41) is 10.6. The Kier molecular flexibility index (Phi) is 7.05. The van der Waals surface area contributed by atoms with E-state index in [4.69, 9.17) is 15.5 Å². The van der Waals surface area contributed by atoms with E-state index >= 15 is 0 Å². The zero-order chi connectivity index (χ0) is 25.2. The van der Waals surface area contributed by atoms with Gasteiger partial charge in [0, 0.05) is 43.8 Å². The molecule has 9 heteroatoms. The van der Waals surface area contributed by atoms with E-state index in [1.165, 1.54) is 4.90 Å². The van der Waals surface area contributed by atoms with Crippen LogP contribution in [0.25, 0.3) is 11.4 Å². The monoisotopic (exact) mass is 477 g/mol. The zero-order valence-electron chi connectivity index (χ0n) is 20.3. The maximum absolute atomic E-state index is 12.2. The molecule has 0 spiro atoms. The third-order valence-corrected chi connectivity index (χ3v) is 6.12. The molecule has 3 N–H and O–H groups in total. The number of likely N-dealkylation sites (N-methyl/N-ethyl adjacent to an activating group) is 1. The first-order chi connectivity index (χ1) is 16.7. The van der Waals surface area contributed by atoms with Crippen molar-refractivity contribution >= 4 is 17.6 Å². The van der Waals surface area contributed by atoms with E-state index in [2.05, 4.69) is 30.7 Å². The highest BCUT2D eigenvalue weighted by atomic mass is 16.5. The first-order valence-corrected chi connectivity index (χ1v) is 11.8. The summed E-state index contributed by atoms with van der Waals surface area (Å²) in [6.45, 7) is 6.04. The second-order valence-corrected chi connectivity index (χ2v) is 9.48. The van der Waals surface area contributed by atoms with E-state index in [0.717, 1.165) is 19.4 Å². The predicted molar refractivity (Wildman–Crippen MR) is 131 cm³/mol. The molecular formula is C26H31N5O4. The van der Waals surface area contributed by atoms with E-state index in [1.807, 2.05) is 11.0 Å². The predicted octanol–water partition coefficient (Wildman–Crippen LogP) is 1.79. The lowest BCUT2D eigenvalue weighted by Gasteiger charge is -2.27. The molecule has 0 bridgehead atoms. The Morgan fingerprint density at radius 3 is 2.80 bits per heavy atom. The molecule has 1 aromatic carbocycles. The van der Waals surface area contributed by atoms with Crippen molar-refractivity contribution < 1.29 is 19.4 Å². The van der Waals surface area contributed by atoms with Crippen LogP contribution >= 0.6 is 0 Å². The molecule has 2 aromatic rings. The van der Waals surface area contributed by atoms with Gasteiger partial charge in [-0.3, -0.25) is 9.59 Å². The summed E-state index contributed by atoms with van der Waals surface area (Å²) in [7, 11) is 1.64. The van der Waals surface area contributed by atoms with Crippen molar-refractivity contribution in [1.82, 2.24) is 14.9 Å². The topological polar surface area (TPSA) is 122 Å². The summed E-state index contributed by atoms with van der Waals surface area (Å²) in [6, 6.07) is 8.74. The third-order valence-electron chi connectivity index (χ3n) is 6.12. The summed E-state index contributed by atoms with van der Waals surface area (Å²) in [5.41, 5.74) is 5.25. The van der Waals surface area contributed by atoms with Crippen molar-refractivity contribution in [3.63, 3.8) is 0 Å². The summed E-state index contributed by atoms with van der Waals surface area (Å²) in [5.74, 6) is 5.91. The number of nitrogens with zero attached hydrogens (tertiary/aromatic N) is 4. The number of amides is 2. The van der Waals surface area contributed by atoms with Gasteiger partial charge in [-0.2, -0.15) is 0 Å². The number of hydrogen-bond donors (Lipinski definition) is 2. The molecule has 1 unspecified atom stereocenters. The lowest BCUT2D eigenvalue weighted by Crippen LogP contribution is -2.37. The van der Waals surface area contributed by atoms with Crippen LogP contribution in [0.1, 0.15) is 49.2 Å². The molecule has 3 heterocycles.